The highest BCUT2D eigenvalue weighted by Crippen LogP contribution is 2.20. The maximum absolute atomic E-state index is 8.99. The van der Waals surface area contributed by atoms with Crippen LogP contribution in [-0.4, -0.2) is 15.0 Å². The summed E-state index contributed by atoms with van der Waals surface area (Å²) in [5, 5.41) is 13.2. The van der Waals surface area contributed by atoms with Crippen LogP contribution < -0.4 is 5.32 Å². The number of nitrogens with one attached hydrogen (secondary N) is 1. The lowest BCUT2D eigenvalue weighted by Gasteiger charge is -2.08. The number of hydrogen-bond donors (Lipinski definition) is 1. The van der Waals surface area contributed by atoms with Crippen LogP contribution in [0.3, 0.4) is 0 Å². The Hall–Kier alpha value is -4.04. The first kappa shape index (κ1) is 18.3. The zero-order valence-electron chi connectivity index (χ0n) is 16.0. The summed E-state index contributed by atoms with van der Waals surface area (Å²) >= 11 is 0. The average Bonchev–Trinajstić information content (AvgIpc) is 2.78. The molecule has 0 aliphatic rings. The van der Waals surface area contributed by atoms with E-state index in [0.29, 0.717) is 18.1 Å². The molecule has 2 aromatic heterocycles. The molecule has 2 aromatic carbocycles. The molecule has 0 radical (unpaired) electrons. The van der Waals surface area contributed by atoms with E-state index in [0.717, 1.165) is 33.3 Å². The lowest BCUT2D eigenvalue weighted by Crippen LogP contribution is -2.04. The Morgan fingerprint density at radius 3 is 2.86 bits per heavy atom. The summed E-state index contributed by atoms with van der Waals surface area (Å²) in [6.07, 6.45) is 7.44. The van der Waals surface area contributed by atoms with Gasteiger partial charge in [0.2, 0.25) is 5.95 Å². The maximum atomic E-state index is 8.99. The number of benzene rings is 2. The van der Waals surface area contributed by atoms with Crippen LogP contribution in [0.1, 0.15) is 23.6 Å². The van der Waals surface area contributed by atoms with E-state index in [2.05, 4.69) is 44.5 Å². The number of aromatic nitrogens is 3. The van der Waals surface area contributed by atoms with E-state index in [1.54, 1.807) is 12.4 Å². The van der Waals surface area contributed by atoms with Gasteiger partial charge >= 0.3 is 0 Å². The number of pyridine rings is 1. The van der Waals surface area contributed by atoms with Crippen LogP contribution in [0, 0.1) is 11.3 Å². The summed E-state index contributed by atoms with van der Waals surface area (Å²) in [4.78, 5) is 13.3. The van der Waals surface area contributed by atoms with Crippen LogP contribution in [-0.2, 0) is 6.54 Å². The van der Waals surface area contributed by atoms with Gasteiger partial charge in [0, 0.05) is 29.9 Å². The molecule has 2 heterocycles. The number of nitrogens with zero attached hydrogens (tertiary/aromatic N) is 4. The molecule has 5 heteroatoms. The van der Waals surface area contributed by atoms with Gasteiger partial charge in [-0.25, -0.2) is 9.97 Å². The van der Waals surface area contributed by atoms with Gasteiger partial charge in [0.1, 0.15) is 6.07 Å². The topological polar surface area (TPSA) is 74.5 Å². The fourth-order valence-electron chi connectivity index (χ4n) is 3.12. The van der Waals surface area contributed by atoms with Gasteiger partial charge in [-0.2, -0.15) is 5.26 Å². The van der Waals surface area contributed by atoms with Gasteiger partial charge in [-0.15, -0.1) is 0 Å². The predicted octanol–water partition coefficient (Wildman–Crippen LogP) is 5.21. The summed E-state index contributed by atoms with van der Waals surface area (Å²) in [6.45, 7) is 2.59. The number of anilines is 1. The predicted molar refractivity (Wildman–Crippen MR) is 116 cm³/mol. The third-order valence-corrected chi connectivity index (χ3v) is 4.53. The standard InChI is InChI=1S/C24H19N5/c1-2-4-17-5-3-6-20(11-17)22-9-10-26-24(29-22)28-15-18-7-8-21-12-19(14-25)16-27-23(21)13-18/h2-13,16H,15H2,1H3,(H,26,28,29)/b4-2-. The number of hydrogen-bond acceptors (Lipinski definition) is 5. The number of fused-ring (bicyclic) bond motifs is 1. The molecule has 0 spiro atoms. The Morgan fingerprint density at radius 2 is 2.00 bits per heavy atom. The monoisotopic (exact) mass is 377 g/mol. The van der Waals surface area contributed by atoms with Crippen molar-refractivity contribution in [3.63, 3.8) is 0 Å². The number of nitriles is 1. The van der Waals surface area contributed by atoms with Crippen molar-refractivity contribution in [2.75, 3.05) is 5.32 Å². The molecule has 0 aliphatic heterocycles. The van der Waals surface area contributed by atoms with Crippen molar-refractivity contribution >= 4 is 22.9 Å². The molecule has 0 fully saturated rings. The van der Waals surface area contributed by atoms with Crippen molar-refractivity contribution in [2.45, 2.75) is 13.5 Å². The van der Waals surface area contributed by atoms with Gasteiger partial charge in [-0.05, 0) is 42.3 Å². The zero-order chi connectivity index (χ0) is 20.1. The van der Waals surface area contributed by atoms with Crippen molar-refractivity contribution in [1.82, 2.24) is 15.0 Å². The molecule has 0 saturated heterocycles. The molecule has 4 aromatic rings. The van der Waals surface area contributed by atoms with Crippen molar-refractivity contribution in [3.8, 4) is 17.3 Å². The summed E-state index contributed by atoms with van der Waals surface area (Å²) in [5.74, 6) is 0.576. The normalized spacial score (nSPS) is 10.9. The van der Waals surface area contributed by atoms with Crippen molar-refractivity contribution < 1.29 is 0 Å². The molecule has 140 valence electrons. The third kappa shape index (κ3) is 4.28. The summed E-state index contributed by atoms with van der Waals surface area (Å²) in [6, 6.07) is 20.1. The summed E-state index contributed by atoms with van der Waals surface area (Å²) in [7, 11) is 0. The second-order valence-electron chi connectivity index (χ2n) is 6.61. The molecule has 4 rings (SSSR count). The van der Waals surface area contributed by atoms with Crippen LogP contribution in [0.15, 0.2) is 73.1 Å². The molecule has 0 amide bonds. The van der Waals surface area contributed by atoms with Crippen molar-refractivity contribution in [1.29, 1.82) is 5.26 Å². The second-order valence-corrected chi connectivity index (χ2v) is 6.61. The maximum Gasteiger partial charge on any atom is 0.223 e. The van der Waals surface area contributed by atoms with E-state index in [9.17, 15) is 0 Å². The molecule has 0 atom stereocenters. The Kier molecular flexibility index (Phi) is 5.26. The molecule has 0 saturated carbocycles. The number of allylic oxidation sites excluding steroid dienone is 1. The first-order valence-electron chi connectivity index (χ1n) is 9.34. The highest BCUT2D eigenvalue weighted by Gasteiger charge is 2.04. The molecule has 29 heavy (non-hydrogen) atoms. The highest BCUT2D eigenvalue weighted by molar-refractivity contribution is 5.80. The van der Waals surface area contributed by atoms with Gasteiger partial charge in [0.05, 0.1) is 16.8 Å². The largest absolute Gasteiger partial charge is 0.350 e. The Balaban J connectivity index is 1.52. The first-order valence-corrected chi connectivity index (χ1v) is 9.34. The van der Waals surface area contributed by atoms with Crippen LogP contribution in [0.2, 0.25) is 0 Å². The van der Waals surface area contributed by atoms with Gasteiger partial charge in [0.15, 0.2) is 0 Å². The summed E-state index contributed by atoms with van der Waals surface area (Å²) in [5.41, 5.74) is 5.55. The van der Waals surface area contributed by atoms with Gasteiger partial charge < -0.3 is 5.32 Å². The average molecular weight is 377 g/mol. The van der Waals surface area contributed by atoms with Crippen LogP contribution in [0.4, 0.5) is 5.95 Å². The molecule has 0 unspecified atom stereocenters. The van der Waals surface area contributed by atoms with Crippen LogP contribution >= 0.6 is 0 Å². The van der Waals surface area contributed by atoms with E-state index in [4.69, 9.17) is 5.26 Å². The fraction of sp³-hybridized carbons (Fsp3) is 0.0833. The van der Waals surface area contributed by atoms with Crippen LogP contribution in [0.5, 0.6) is 0 Å². The lowest BCUT2D eigenvalue weighted by atomic mass is 10.1. The summed E-state index contributed by atoms with van der Waals surface area (Å²) < 4.78 is 0. The van der Waals surface area contributed by atoms with Crippen molar-refractivity contribution in [3.05, 3.63) is 89.8 Å². The Morgan fingerprint density at radius 1 is 1.07 bits per heavy atom. The number of rotatable bonds is 5. The minimum atomic E-state index is 0.562. The second kappa shape index (κ2) is 8.32. The highest BCUT2D eigenvalue weighted by atomic mass is 15.1. The first-order chi connectivity index (χ1) is 14.2. The van der Waals surface area contributed by atoms with Gasteiger partial charge in [-0.1, -0.05) is 42.5 Å². The zero-order valence-corrected chi connectivity index (χ0v) is 16.0. The van der Waals surface area contributed by atoms with E-state index in [-0.39, 0.29) is 0 Å². The molecule has 0 bridgehead atoms. The SMILES string of the molecule is C/C=C\c1cccc(-c2ccnc(NCc3ccc4cc(C#N)cnc4c3)n2)c1. The quantitative estimate of drug-likeness (QED) is 0.517. The molecule has 5 nitrogen and oxygen atoms in total. The minimum absolute atomic E-state index is 0.562. The molecule has 0 aliphatic carbocycles. The third-order valence-electron chi connectivity index (χ3n) is 4.53. The van der Waals surface area contributed by atoms with Gasteiger partial charge in [0.25, 0.3) is 0 Å². The van der Waals surface area contributed by atoms with Gasteiger partial charge in [-0.3, -0.25) is 4.98 Å². The smallest absolute Gasteiger partial charge is 0.223 e. The Bertz CT molecular complexity index is 1240. The minimum Gasteiger partial charge on any atom is -0.350 e. The molecular formula is C24H19N5. The van der Waals surface area contributed by atoms with E-state index < -0.39 is 0 Å². The van der Waals surface area contributed by atoms with Crippen molar-refractivity contribution in [2.24, 2.45) is 0 Å². The lowest BCUT2D eigenvalue weighted by molar-refractivity contribution is 1.06. The molecular weight excluding hydrogens is 358 g/mol. The van der Waals surface area contributed by atoms with Crippen LogP contribution in [0.25, 0.3) is 28.2 Å². The van der Waals surface area contributed by atoms with E-state index in [1.165, 1.54) is 0 Å². The fourth-order valence-corrected chi connectivity index (χ4v) is 3.12. The van der Waals surface area contributed by atoms with E-state index >= 15 is 0 Å². The molecule has 1 N–H and O–H groups in total. The van der Waals surface area contributed by atoms with E-state index in [1.807, 2.05) is 55.5 Å². The Labute approximate surface area is 169 Å².